The van der Waals surface area contributed by atoms with E-state index in [0.717, 1.165) is 25.0 Å². The fourth-order valence-electron chi connectivity index (χ4n) is 3.94. The highest BCUT2D eigenvalue weighted by Gasteiger charge is 2.44. The van der Waals surface area contributed by atoms with Crippen LogP contribution in [0.1, 0.15) is 50.8 Å². The molecule has 1 aliphatic heterocycles. The summed E-state index contributed by atoms with van der Waals surface area (Å²) in [6.45, 7) is 3.14. The summed E-state index contributed by atoms with van der Waals surface area (Å²) >= 11 is 0. The molecule has 2 heterocycles. The van der Waals surface area contributed by atoms with E-state index in [-0.39, 0.29) is 23.8 Å². The highest BCUT2D eigenvalue weighted by molar-refractivity contribution is 5.85. The Balaban J connectivity index is 1.51. The predicted molar refractivity (Wildman–Crippen MR) is 84.4 cm³/mol. The van der Waals surface area contributed by atoms with E-state index >= 15 is 0 Å². The zero-order chi connectivity index (χ0) is 16.0. The van der Waals surface area contributed by atoms with E-state index in [4.69, 9.17) is 0 Å². The minimum Gasteiger partial charge on any atom is -0.352 e. The monoisotopic (exact) mass is 316 g/mol. The number of hydrogen-bond donors (Lipinski definition) is 1. The van der Waals surface area contributed by atoms with Crippen LogP contribution in [0.3, 0.4) is 0 Å². The maximum atomic E-state index is 12.7. The molecule has 6 heteroatoms. The van der Waals surface area contributed by atoms with Gasteiger partial charge in [0.1, 0.15) is 6.04 Å². The van der Waals surface area contributed by atoms with E-state index in [0.29, 0.717) is 25.0 Å². The second-order valence-corrected chi connectivity index (χ2v) is 7.34. The van der Waals surface area contributed by atoms with Crippen LogP contribution in [0.4, 0.5) is 0 Å². The standard InChI is InChI=1S/C17H24N4O2/c1-11-6-14(11)17(23)20-8-13-7-18-10-21(13)15(9-20)16(22)19-12-4-2-3-5-12/h7,10-12,14-15H,2-6,8-9H2,1H3,(H,19,22)/t11-,14+,15-/m1/s1. The lowest BCUT2D eigenvalue weighted by Crippen LogP contribution is -2.48. The van der Waals surface area contributed by atoms with Crippen molar-refractivity contribution < 1.29 is 9.59 Å². The molecular formula is C17H24N4O2. The van der Waals surface area contributed by atoms with Crippen LogP contribution in [0.25, 0.3) is 0 Å². The van der Waals surface area contributed by atoms with Crippen molar-refractivity contribution in [2.24, 2.45) is 11.8 Å². The van der Waals surface area contributed by atoms with Crippen molar-refractivity contribution in [3.8, 4) is 0 Å². The Labute approximate surface area is 136 Å². The molecule has 2 amide bonds. The first kappa shape index (κ1) is 14.7. The van der Waals surface area contributed by atoms with Gasteiger partial charge in [-0.25, -0.2) is 4.98 Å². The normalized spacial score (nSPS) is 30.1. The molecule has 0 saturated heterocycles. The molecule has 4 rings (SSSR count). The van der Waals surface area contributed by atoms with E-state index < -0.39 is 0 Å². The zero-order valence-corrected chi connectivity index (χ0v) is 13.6. The molecule has 23 heavy (non-hydrogen) atoms. The van der Waals surface area contributed by atoms with Crippen LogP contribution < -0.4 is 5.32 Å². The van der Waals surface area contributed by atoms with E-state index in [1.54, 1.807) is 12.5 Å². The van der Waals surface area contributed by atoms with Gasteiger partial charge >= 0.3 is 0 Å². The molecule has 0 aromatic carbocycles. The molecule has 6 nitrogen and oxygen atoms in total. The van der Waals surface area contributed by atoms with Crippen molar-refractivity contribution >= 4 is 11.8 Å². The second-order valence-electron chi connectivity index (χ2n) is 7.34. The average molecular weight is 316 g/mol. The minimum absolute atomic E-state index is 0.0255. The van der Waals surface area contributed by atoms with Gasteiger partial charge in [0.05, 0.1) is 25.1 Å². The fraction of sp³-hybridized carbons (Fsp3) is 0.706. The lowest BCUT2D eigenvalue weighted by atomic mass is 10.1. The molecule has 0 unspecified atom stereocenters. The first-order valence-electron chi connectivity index (χ1n) is 8.73. The maximum Gasteiger partial charge on any atom is 0.245 e. The SMILES string of the molecule is C[C@@H]1C[C@@H]1C(=O)N1Cc2cncn2[C@@H](C(=O)NC2CCCC2)C1. The quantitative estimate of drug-likeness (QED) is 0.918. The Morgan fingerprint density at radius 1 is 1.30 bits per heavy atom. The predicted octanol–water partition coefficient (Wildman–Crippen LogP) is 1.48. The van der Waals surface area contributed by atoms with Crippen LogP contribution >= 0.6 is 0 Å². The van der Waals surface area contributed by atoms with Gasteiger partial charge in [-0.15, -0.1) is 0 Å². The van der Waals surface area contributed by atoms with Crippen LogP contribution in [0, 0.1) is 11.8 Å². The van der Waals surface area contributed by atoms with Gasteiger partial charge in [-0.05, 0) is 25.2 Å². The number of fused-ring (bicyclic) bond motifs is 1. The van der Waals surface area contributed by atoms with Gasteiger partial charge in [-0.1, -0.05) is 19.8 Å². The molecule has 1 aromatic heterocycles. The summed E-state index contributed by atoms with van der Waals surface area (Å²) in [7, 11) is 0. The van der Waals surface area contributed by atoms with Gasteiger partial charge in [-0.3, -0.25) is 9.59 Å². The third kappa shape index (κ3) is 2.75. The minimum atomic E-state index is -0.347. The number of imidazole rings is 1. The number of amides is 2. The van der Waals surface area contributed by atoms with Crippen LogP contribution in [-0.4, -0.2) is 38.9 Å². The Morgan fingerprint density at radius 2 is 2.04 bits per heavy atom. The molecule has 1 N–H and O–H groups in total. The van der Waals surface area contributed by atoms with E-state index in [2.05, 4.69) is 17.2 Å². The Hall–Kier alpha value is -1.85. The molecule has 2 fully saturated rings. The highest BCUT2D eigenvalue weighted by Crippen LogP contribution is 2.40. The number of nitrogens with zero attached hydrogens (tertiary/aromatic N) is 3. The molecule has 3 aliphatic rings. The van der Waals surface area contributed by atoms with E-state index in [1.807, 2.05) is 9.47 Å². The van der Waals surface area contributed by atoms with Crippen molar-refractivity contribution in [3.63, 3.8) is 0 Å². The van der Waals surface area contributed by atoms with Crippen molar-refractivity contribution in [2.45, 2.75) is 57.7 Å². The number of carbonyl (C=O) groups excluding carboxylic acids is 2. The number of nitrogens with one attached hydrogen (secondary N) is 1. The van der Waals surface area contributed by atoms with Crippen molar-refractivity contribution in [1.82, 2.24) is 19.8 Å². The Kier molecular flexibility index (Phi) is 3.62. The third-order valence-corrected chi connectivity index (χ3v) is 5.57. The molecular weight excluding hydrogens is 292 g/mol. The lowest BCUT2D eigenvalue weighted by molar-refractivity contribution is -0.136. The van der Waals surface area contributed by atoms with Crippen LogP contribution in [0.15, 0.2) is 12.5 Å². The molecule has 2 aliphatic carbocycles. The van der Waals surface area contributed by atoms with Gasteiger partial charge < -0.3 is 14.8 Å². The molecule has 124 valence electrons. The van der Waals surface area contributed by atoms with Gasteiger partial charge in [0.25, 0.3) is 0 Å². The zero-order valence-electron chi connectivity index (χ0n) is 13.6. The topological polar surface area (TPSA) is 67.2 Å². The Bertz CT molecular complexity index is 620. The summed E-state index contributed by atoms with van der Waals surface area (Å²) in [5.41, 5.74) is 0.949. The summed E-state index contributed by atoms with van der Waals surface area (Å²) in [6.07, 6.45) is 8.98. The van der Waals surface area contributed by atoms with Gasteiger partial charge in [-0.2, -0.15) is 0 Å². The highest BCUT2D eigenvalue weighted by atomic mass is 16.2. The summed E-state index contributed by atoms with van der Waals surface area (Å²) in [5, 5.41) is 3.17. The van der Waals surface area contributed by atoms with E-state index in [1.165, 1.54) is 12.8 Å². The van der Waals surface area contributed by atoms with Crippen LogP contribution in [0.5, 0.6) is 0 Å². The number of rotatable bonds is 3. The smallest absolute Gasteiger partial charge is 0.245 e. The van der Waals surface area contributed by atoms with Crippen LogP contribution in [0.2, 0.25) is 0 Å². The molecule has 0 spiro atoms. The molecule has 2 saturated carbocycles. The Morgan fingerprint density at radius 3 is 2.74 bits per heavy atom. The molecule has 0 radical (unpaired) electrons. The molecule has 1 aromatic rings. The average Bonchev–Trinajstić information content (AvgIpc) is 2.98. The second kappa shape index (κ2) is 5.65. The first-order valence-corrected chi connectivity index (χ1v) is 8.73. The molecule has 0 bridgehead atoms. The maximum absolute atomic E-state index is 12.7. The van der Waals surface area contributed by atoms with Gasteiger partial charge in [0, 0.05) is 18.2 Å². The lowest BCUT2D eigenvalue weighted by Gasteiger charge is -2.34. The largest absolute Gasteiger partial charge is 0.352 e. The molecule has 3 atom stereocenters. The van der Waals surface area contributed by atoms with Crippen molar-refractivity contribution in [1.29, 1.82) is 0 Å². The van der Waals surface area contributed by atoms with Gasteiger partial charge in [0.2, 0.25) is 11.8 Å². The van der Waals surface area contributed by atoms with Gasteiger partial charge in [0.15, 0.2) is 0 Å². The fourth-order valence-corrected chi connectivity index (χ4v) is 3.94. The van der Waals surface area contributed by atoms with Crippen LogP contribution in [-0.2, 0) is 16.1 Å². The third-order valence-electron chi connectivity index (χ3n) is 5.57. The summed E-state index contributed by atoms with van der Waals surface area (Å²) < 4.78 is 1.93. The number of carbonyl (C=O) groups is 2. The summed E-state index contributed by atoms with van der Waals surface area (Å²) in [6, 6.07) is -0.0520. The number of aromatic nitrogens is 2. The van der Waals surface area contributed by atoms with Crippen molar-refractivity contribution in [3.05, 3.63) is 18.2 Å². The van der Waals surface area contributed by atoms with Crippen molar-refractivity contribution in [2.75, 3.05) is 6.54 Å². The summed E-state index contributed by atoms with van der Waals surface area (Å²) in [4.78, 5) is 31.3. The summed E-state index contributed by atoms with van der Waals surface area (Å²) in [5.74, 6) is 0.865. The first-order chi connectivity index (χ1) is 11.1. The number of hydrogen-bond acceptors (Lipinski definition) is 3. The van der Waals surface area contributed by atoms with E-state index in [9.17, 15) is 9.59 Å².